The second-order valence-electron chi connectivity index (χ2n) is 7.11. The lowest BCUT2D eigenvalue weighted by Gasteiger charge is -2.33. The van der Waals surface area contributed by atoms with Gasteiger partial charge in [-0.25, -0.2) is 0 Å². The third-order valence-corrected chi connectivity index (χ3v) is 5.01. The molecule has 5 heteroatoms. The summed E-state index contributed by atoms with van der Waals surface area (Å²) < 4.78 is 0. The number of likely N-dealkylation sites (tertiary alicyclic amines) is 1. The highest BCUT2D eigenvalue weighted by Gasteiger charge is 2.15. The van der Waals surface area contributed by atoms with Gasteiger partial charge in [-0.05, 0) is 70.9 Å². The molecule has 0 spiro atoms. The molecule has 0 amide bonds. The van der Waals surface area contributed by atoms with Crippen LogP contribution in [0.5, 0.6) is 0 Å². The third kappa shape index (κ3) is 12.7. The normalized spacial score (nSPS) is 22.6. The first-order valence-corrected chi connectivity index (χ1v) is 10.8. The van der Waals surface area contributed by atoms with Crippen molar-refractivity contribution < 1.29 is 0 Å². The van der Waals surface area contributed by atoms with E-state index in [1.807, 2.05) is 13.8 Å². The van der Waals surface area contributed by atoms with E-state index >= 15 is 0 Å². The van der Waals surface area contributed by atoms with Crippen LogP contribution in [0.4, 0.5) is 0 Å². The van der Waals surface area contributed by atoms with Crippen LogP contribution in [0.2, 0.25) is 0 Å². The highest BCUT2D eigenvalue weighted by molar-refractivity contribution is 4.71. The van der Waals surface area contributed by atoms with Crippen LogP contribution >= 0.6 is 0 Å². The van der Waals surface area contributed by atoms with Gasteiger partial charge in [0.15, 0.2) is 0 Å². The van der Waals surface area contributed by atoms with Gasteiger partial charge in [-0.15, -0.1) is 0 Å². The summed E-state index contributed by atoms with van der Waals surface area (Å²) in [6, 6.07) is 0. The zero-order valence-corrected chi connectivity index (χ0v) is 17.7. The van der Waals surface area contributed by atoms with Gasteiger partial charge in [0.25, 0.3) is 0 Å². The Bertz CT molecular complexity index is 267. The van der Waals surface area contributed by atoms with Gasteiger partial charge < -0.3 is 26.2 Å². The third-order valence-electron chi connectivity index (χ3n) is 5.01. The first-order valence-electron chi connectivity index (χ1n) is 10.8. The minimum absolute atomic E-state index is 0.827. The lowest BCUT2D eigenvalue weighted by molar-refractivity contribution is 0.137. The smallest absolute Gasteiger partial charge is 0.0110 e. The van der Waals surface area contributed by atoms with Crippen molar-refractivity contribution in [2.75, 3.05) is 72.0 Å². The molecule has 0 aromatic carbocycles. The molecule has 1 atom stereocenters. The van der Waals surface area contributed by atoms with Gasteiger partial charge in [0.2, 0.25) is 0 Å². The maximum atomic E-state index is 5.46. The molecule has 2 saturated heterocycles. The Morgan fingerprint density at radius 2 is 1.32 bits per heavy atom. The van der Waals surface area contributed by atoms with Crippen LogP contribution in [0.25, 0.3) is 0 Å². The molecule has 2 fully saturated rings. The summed E-state index contributed by atoms with van der Waals surface area (Å²) in [4.78, 5) is 7.55. The molecule has 2 rings (SSSR count). The van der Waals surface area contributed by atoms with E-state index in [2.05, 4.69) is 28.5 Å². The number of nitrogens with two attached hydrogens (primary N) is 2. The van der Waals surface area contributed by atoms with E-state index < -0.39 is 0 Å². The van der Waals surface area contributed by atoms with Crippen LogP contribution < -0.4 is 11.5 Å². The number of nitrogens with zero attached hydrogens (tertiary/aromatic N) is 3. The number of hydrogen-bond donors (Lipinski definition) is 2. The van der Waals surface area contributed by atoms with Crippen molar-refractivity contribution in [2.45, 2.75) is 53.4 Å². The van der Waals surface area contributed by atoms with Gasteiger partial charge in [-0.2, -0.15) is 0 Å². The fourth-order valence-electron chi connectivity index (χ4n) is 3.45. The molecule has 5 nitrogen and oxygen atoms in total. The van der Waals surface area contributed by atoms with E-state index in [-0.39, 0.29) is 0 Å². The minimum atomic E-state index is 0.827. The Balaban J connectivity index is 0.000000421. The molecule has 2 aliphatic rings. The summed E-state index contributed by atoms with van der Waals surface area (Å²) in [6.45, 7) is 21.4. The van der Waals surface area contributed by atoms with Crippen LogP contribution in [-0.4, -0.2) is 86.7 Å². The van der Waals surface area contributed by atoms with Crippen LogP contribution in [0.3, 0.4) is 0 Å². The highest BCUT2D eigenvalue weighted by atomic mass is 15.3. The van der Waals surface area contributed by atoms with Crippen LogP contribution in [0.15, 0.2) is 0 Å². The Morgan fingerprint density at radius 3 is 1.80 bits per heavy atom. The quantitative estimate of drug-likeness (QED) is 0.730. The van der Waals surface area contributed by atoms with Gasteiger partial charge in [0.05, 0.1) is 0 Å². The van der Waals surface area contributed by atoms with Crippen molar-refractivity contribution in [3.8, 4) is 0 Å². The second-order valence-corrected chi connectivity index (χ2v) is 7.11. The van der Waals surface area contributed by atoms with E-state index in [0.29, 0.717) is 0 Å². The molecule has 0 aromatic heterocycles. The number of hydrogen-bond acceptors (Lipinski definition) is 5. The van der Waals surface area contributed by atoms with Crippen molar-refractivity contribution in [1.82, 2.24) is 14.7 Å². The molecule has 0 aliphatic carbocycles. The summed E-state index contributed by atoms with van der Waals surface area (Å²) in [5.74, 6) is 0.904. The molecule has 4 N–H and O–H groups in total. The van der Waals surface area contributed by atoms with Crippen LogP contribution in [0, 0.1) is 5.92 Å². The summed E-state index contributed by atoms with van der Waals surface area (Å²) >= 11 is 0. The SMILES string of the molecule is CC.CC1CCCN(CCCN)C1.CCN1CCN(CCCN)CC1. The second kappa shape index (κ2) is 17.2. The van der Waals surface area contributed by atoms with Crippen LogP contribution in [0.1, 0.15) is 53.4 Å². The average Bonchev–Trinajstić information content (AvgIpc) is 2.67. The molecule has 0 radical (unpaired) electrons. The van der Waals surface area contributed by atoms with E-state index in [0.717, 1.165) is 31.8 Å². The number of rotatable bonds is 7. The maximum Gasteiger partial charge on any atom is 0.0110 e. The van der Waals surface area contributed by atoms with E-state index in [1.54, 1.807) is 0 Å². The number of likely N-dealkylation sites (N-methyl/N-ethyl adjacent to an activating group) is 1. The predicted molar refractivity (Wildman–Crippen MR) is 112 cm³/mol. The summed E-state index contributed by atoms with van der Waals surface area (Å²) in [5, 5.41) is 0. The number of piperazine rings is 1. The average molecular weight is 358 g/mol. The molecule has 25 heavy (non-hydrogen) atoms. The fraction of sp³-hybridized carbons (Fsp3) is 1.00. The predicted octanol–water partition coefficient (Wildman–Crippen LogP) is 2.07. The summed E-state index contributed by atoms with van der Waals surface area (Å²) in [6.07, 6.45) is 5.10. The monoisotopic (exact) mass is 357 g/mol. The molecule has 0 bridgehead atoms. The van der Waals surface area contributed by atoms with E-state index in [9.17, 15) is 0 Å². The lowest BCUT2D eigenvalue weighted by atomic mass is 10.0. The van der Waals surface area contributed by atoms with Gasteiger partial charge in [0, 0.05) is 32.7 Å². The molecular weight excluding hydrogens is 310 g/mol. The van der Waals surface area contributed by atoms with Crippen molar-refractivity contribution >= 4 is 0 Å². The zero-order chi connectivity index (χ0) is 18.9. The Hall–Kier alpha value is -0.200. The van der Waals surface area contributed by atoms with Gasteiger partial charge in [-0.3, -0.25) is 0 Å². The van der Waals surface area contributed by atoms with Crippen molar-refractivity contribution in [2.24, 2.45) is 17.4 Å². The Kier molecular flexibility index (Phi) is 17.1. The van der Waals surface area contributed by atoms with Gasteiger partial charge in [0.1, 0.15) is 0 Å². The van der Waals surface area contributed by atoms with Gasteiger partial charge >= 0.3 is 0 Å². The fourth-order valence-corrected chi connectivity index (χ4v) is 3.45. The van der Waals surface area contributed by atoms with Gasteiger partial charge in [-0.1, -0.05) is 27.7 Å². The minimum Gasteiger partial charge on any atom is -0.330 e. The molecule has 0 aromatic rings. The first-order chi connectivity index (χ1) is 12.2. The molecule has 2 aliphatic heterocycles. The Morgan fingerprint density at radius 1 is 0.800 bits per heavy atom. The largest absolute Gasteiger partial charge is 0.330 e. The molecule has 0 saturated carbocycles. The van der Waals surface area contributed by atoms with Crippen molar-refractivity contribution in [3.63, 3.8) is 0 Å². The number of piperidine rings is 1. The molecule has 152 valence electrons. The molecule has 1 unspecified atom stereocenters. The highest BCUT2D eigenvalue weighted by Crippen LogP contribution is 2.14. The van der Waals surface area contributed by atoms with Crippen molar-refractivity contribution in [1.29, 1.82) is 0 Å². The van der Waals surface area contributed by atoms with Crippen LogP contribution in [-0.2, 0) is 0 Å². The topological polar surface area (TPSA) is 61.8 Å². The zero-order valence-electron chi connectivity index (χ0n) is 17.7. The maximum absolute atomic E-state index is 5.46. The summed E-state index contributed by atoms with van der Waals surface area (Å²) in [7, 11) is 0. The lowest BCUT2D eigenvalue weighted by Crippen LogP contribution is -2.46. The van der Waals surface area contributed by atoms with E-state index in [1.165, 1.54) is 71.7 Å². The Labute approximate surface area is 158 Å². The standard InChI is InChI=1S/C9H21N3.C9H20N2.C2H6/c1-2-11-6-8-12(9-7-11)5-3-4-10;1-9-4-2-6-11(8-9)7-3-5-10;1-2/h2-10H2,1H3;9H,2-8,10H2,1H3;1-2H3. The van der Waals surface area contributed by atoms with E-state index in [4.69, 9.17) is 11.5 Å². The molecular formula is C20H47N5. The summed E-state index contributed by atoms with van der Waals surface area (Å²) in [5.41, 5.74) is 10.9. The van der Waals surface area contributed by atoms with Crippen molar-refractivity contribution in [3.05, 3.63) is 0 Å². The first kappa shape index (κ1) is 24.8. The molecule has 2 heterocycles.